The molecule has 12 heavy (non-hydrogen) atoms. The molecule has 0 bridgehead atoms. The number of rotatable bonds is 6. The second-order valence-corrected chi connectivity index (χ2v) is 4.87. The number of hydrogen-bond acceptors (Lipinski definition) is 1. The molecule has 0 aromatic heterocycles. The third kappa shape index (κ3) is 6.93. The molecule has 0 aromatic rings. The summed E-state index contributed by atoms with van der Waals surface area (Å²) in [7, 11) is 0. The van der Waals surface area contributed by atoms with Gasteiger partial charge < -0.3 is 5.32 Å². The van der Waals surface area contributed by atoms with Gasteiger partial charge in [-0.25, -0.2) is 0 Å². The second kappa shape index (κ2) is 5.82. The highest BCUT2D eigenvalue weighted by Gasteiger charge is 2.16. The molecule has 0 rings (SSSR count). The van der Waals surface area contributed by atoms with Crippen molar-refractivity contribution < 1.29 is 0 Å². The zero-order chi connectivity index (χ0) is 9.61. The lowest BCUT2D eigenvalue weighted by Crippen LogP contribution is -2.33. The molecule has 74 valence electrons. The van der Waals surface area contributed by atoms with Crippen LogP contribution in [0.2, 0.25) is 0 Å². The molecular formula is C10H22ClN. The van der Waals surface area contributed by atoms with E-state index in [1.54, 1.807) is 0 Å². The first-order chi connectivity index (χ1) is 5.48. The highest BCUT2D eigenvalue weighted by molar-refractivity contribution is 6.17. The van der Waals surface area contributed by atoms with Crippen LogP contribution in [-0.4, -0.2) is 18.5 Å². The van der Waals surface area contributed by atoms with Crippen molar-refractivity contribution in [3.63, 3.8) is 0 Å². The first-order valence-electron chi connectivity index (χ1n) is 4.77. The molecule has 0 aliphatic carbocycles. The minimum atomic E-state index is 0.388. The Kier molecular flexibility index (Phi) is 5.94. The van der Waals surface area contributed by atoms with Crippen LogP contribution in [0.5, 0.6) is 0 Å². The van der Waals surface area contributed by atoms with Crippen molar-refractivity contribution in [1.82, 2.24) is 5.32 Å². The highest BCUT2D eigenvalue weighted by atomic mass is 35.5. The molecule has 0 heterocycles. The van der Waals surface area contributed by atoms with Crippen LogP contribution < -0.4 is 5.32 Å². The summed E-state index contributed by atoms with van der Waals surface area (Å²) in [6, 6.07) is 0.584. The van der Waals surface area contributed by atoms with E-state index >= 15 is 0 Å². The summed E-state index contributed by atoms with van der Waals surface area (Å²) < 4.78 is 0. The van der Waals surface area contributed by atoms with E-state index in [4.69, 9.17) is 11.6 Å². The Morgan fingerprint density at radius 2 is 1.92 bits per heavy atom. The third-order valence-electron chi connectivity index (χ3n) is 1.98. The van der Waals surface area contributed by atoms with Gasteiger partial charge in [0.05, 0.1) is 0 Å². The van der Waals surface area contributed by atoms with E-state index < -0.39 is 0 Å². The molecule has 0 aromatic carbocycles. The Hall–Kier alpha value is 0.250. The van der Waals surface area contributed by atoms with Crippen molar-refractivity contribution in [1.29, 1.82) is 0 Å². The van der Waals surface area contributed by atoms with Crippen LogP contribution in [0.1, 0.15) is 40.5 Å². The fourth-order valence-corrected chi connectivity index (χ4v) is 1.25. The SMILES string of the molecule is CC(C)NCC(C)(C)CCCCl. The maximum Gasteiger partial charge on any atom is 0.0223 e. The molecule has 0 fully saturated rings. The van der Waals surface area contributed by atoms with Gasteiger partial charge in [-0.05, 0) is 18.3 Å². The molecule has 0 amide bonds. The van der Waals surface area contributed by atoms with Crippen LogP contribution in [0, 0.1) is 5.41 Å². The first-order valence-corrected chi connectivity index (χ1v) is 5.31. The van der Waals surface area contributed by atoms with Crippen molar-refractivity contribution in [2.45, 2.75) is 46.6 Å². The van der Waals surface area contributed by atoms with Gasteiger partial charge in [-0.3, -0.25) is 0 Å². The van der Waals surface area contributed by atoms with Crippen molar-refractivity contribution in [2.24, 2.45) is 5.41 Å². The fraction of sp³-hybridized carbons (Fsp3) is 1.00. The Balaban J connectivity index is 3.56. The molecular weight excluding hydrogens is 170 g/mol. The molecule has 0 atom stereocenters. The van der Waals surface area contributed by atoms with Gasteiger partial charge in [0.1, 0.15) is 0 Å². The van der Waals surface area contributed by atoms with E-state index in [1.807, 2.05) is 0 Å². The molecule has 0 unspecified atom stereocenters. The van der Waals surface area contributed by atoms with Crippen molar-refractivity contribution in [3.8, 4) is 0 Å². The first kappa shape index (κ1) is 12.2. The summed E-state index contributed by atoms with van der Waals surface area (Å²) in [5, 5.41) is 3.45. The van der Waals surface area contributed by atoms with Crippen LogP contribution in [0.25, 0.3) is 0 Å². The molecule has 0 spiro atoms. The van der Waals surface area contributed by atoms with Crippen molar-refractivity contribution in [3.05, 3.63) is 0 Å². The maximum absolute atomic E-state index is 5.65. The average Bonchev–Trinajstić information content (AvgIpc) is 1.98. The van der Waals surface area contributed by atoms with E-state index in [9.17, 15) is 0 Å². The molecule has 0 radical (unpaired) electrons. The smallest absolute Gasteiger partial charge is 0.0223 e. The number of halogens is 1. The summed E-state index contributed by atoms with van der Waals surface area (Å²) in [4.78, 5) is 0. The van der Waals surface area contributed by atoms with Crippen molar-refractivity contribution >= 4 is 11.6 Å². The second-order valence-electron chi connectivity index (χ2n) is 4.49. The maximum atomic E-state index is 5.65. The van der Waals surface area contributed by atoms with Gasteiger partial charge in [-0.15, -0.1) is 11.6 Å². The minimum Gasteiger partial charge on any atom is -0.314 e. The number of nitrogens with one attached hydrogen (secondary N) is 1. The summed E-state index contributed by atoms with van der Waals surface area (Å²) in [6.45, 7) is 10.0. The molecule has 0 aliphatic heterocycles. The molecule has 1 nitrogen and oxygen atoms in total. The summed E-state index contributed by atoms with van der Waals surface area (Å²) >= 11 is 5.65. The van der Waals surface area contributed by atoms with Crippen LogP contribution >= 0.6 is 11.6 Å². The zero-order valence-corrected chi connectivity index (χ0v) is 9.54. The van der Waals surface area contributed by atoms with Crippen molar-refractivity contribution in [2.75, 3.05) is 12.4 Å². The topological polar surface area (TPSA) is 12.0 Å². The predicted octanol–water partition coefficient (Wildman–Crippen LogP) is 3.03. The molecule has 0 saturated heterocycles. The van der Waals surface area contributed by atoms with E-state index in [-0.39, 0.29) is 0 Å². The summed E-state index contributed by atoms with van der Waals surface area (Å²) in [6.07, 6.45) is 2.32. The van der Waals surface area contributed by atoms with Gasteiger partial charge in [0.2, 0.25) is 0 Å². The number of alkyl halides is 1. The van der Waals surface area contributed by atoms with Crippen LogP contribution in [0.3, 0.4) is 0 Å². The molecule has 0 aliphatic rings. The molecule has 1 N–H and O–H groups in total. The Bertz CT molecular complexity index is 110. The normalized spacial score (nSPS) is 12.5. The summed E-state index contributed by atoms with van der Waals surface area (Å²) in [5.41, 5.74) is 0.388. The molecule has 2 heteroatoms. The quantitative estimate of drug-likeness (QED) is 0.637. The van der Waals surface area contributed by atoms with Crippen LogP contribution in [-0.2, 0) is 0 Å². The summed E-state index contributed by atoms with van der Waals surface area (Å²) in [5.74, 6) is 0.783. The van der Waals surface area contributed by atoms with Gasteiger partial charge in [-0.2, -0.15) is 0 Å². The van der Waals surface area contributed by atoms with Gasteiger partial charge in [-0.1, -0.05) is 27.7 Å². The van der Waals surface area contributed by atoms with E-state index in [0.717, 1.165) is 18.8 Å². The predicted molar refractivity (Wildman–Crippen MR) is 56.9 cm³/mol. The minimum absolute atomic E-state index is 0.388. The lowest BCUT2D eigenvalue weighted by Gasteiger charge is -2.25. The third-order valence-corrected chi connectivity index (χ3v) is 2.24. The number of hydrogen-bond donors (Lipinski definition) is 1. The Labute approximate surface area is 81.9 Å². The van der Waals surface area contributed by atoms with Gasteiger partial charge >= 0.3 is 0 Å². The van der Waals surface area contributed by atoms with Crippen LogP contribution in [0.15, 0.2) is 0 Å². The van der Waals surface area contributed by atoms with E-state index in [0.29, 0.717) is 11.5 Å². The van der Waals surface area contributed by atoms with Gasteiger partial charge in [0, 0.05) is 18.5 Å². The standard InChI is InChI=1S/C10H22ClN/c1-9(2)12-8-10(3,4)6-5-7-11/h9,12H,5-8H2,1-4H3. The average molecular weight is 192 g/mol. The molecule has 0 saturated carbocycles. The lowest BCUT2D eigenvalue weighted by atomic mass is 9.88. The lowest BCUT2D eigenvalue weighted by molar-refractivity contribution is 0.302. The van der Waals surface area contributed by atoms with Crippen LogP contribution in [0.4, 0.5) is 0 Å². The Morgan fingerprint density at radius 1 is 1.33 bits per heavy atom. The largest absolute Gasteiger partial charge is 0.314 e. The monoisotopic (exact) mass is 191 g/mol. The van der Waals surface area contributed by atoms with E-state index in [1.165, 1.54) is 6.42 Å². The zero-order valence-electron chi connectivity index (χ0n) is 8.78. The van der Waals surface area contributed by atoms with Gasteiger partial charge in [0.15, 0.2) is 0 Å². The van der Waals surface area contributed by atoms with E-state index in [2.05, 4.69) is 33.0 Å². The Morgan fingerprint density at radius 3 is 2.33 bits per heavy atom. The highest BCUT2D eigenvalue weighted by Crippen LogP contribution is 2.21. The fourth-order valence-electron chi connectivity index (χ4n) is 1.11. The van der Waals surface area contributed by atoms with Gasteiger partial charge in [0.25, 0.3) is 0 Å².